The lowest BCUT2D eigenvalue weighted by Crippen LogP contribution is -2.60. The van der Waals surface area contributed by atoms with Crippen LogP contribution in [-0.2, 0) is 28.8 Å². The van der Waals surface area contributed by atoms with Crippen molar-refractivity contribution in [2.24, 2.45) is 34.6 Å². The number of carbonyl (C=O) groups is 6. The highest BCUT2D eigenvalue weighted by Crippen LogP contribution is 2.21. The number of unbranched alkanes of at least 4 members (excludes halogenated alkanes) is 1. The fourth-order valence-electron chi connectivity index (χ4n) is 6.28. The van der Waals surface area contributed by atoms with Gasteiger partial charge in [-0.1, -0.05) is 20.3 Å². The molecule has 0 spiro atoms. The van der Waals surface area contributed by atoms with Crippen LogP contribution in [0.2, 0.25) is 0 Å². The third-order valence-corrected chi connectivity index (χ3v) is 9.75. The molecule has 0 aromatic carbocycles. The highest BCUT2D eigenvalue weighted by atomic mass is 16.4. The Hall–Kier alpha value is -5.45. The molecule has 23 nitrogen and oxygen atoms in total. The molecule has 21 N–H and O–H groups in total. The first-order chi connectivity index (χ1) is 27.4. The standard InChI is InChI=1S/C35H68N16O7/c1-3-20(2)26(50-28(53)22(12-7-17-45-34(40)41)47-27(52)21(37)10-6-16-44-33(38)39)30(55)48-23(13-8-18-46-35(42)43)31(56)51-19-9-14-25(51)29(54)49-24(32(57)58)11-4-5-15-36/h20-26H,3-19,36-37H2,1-2H3,(H,47,52)(H,48,55)(H,49,54)(H,50,53)(H,57,58)(H4,38,39,44)(H4,40,41,45)(H4,42,43,46)/t20-,21-,22-,23-,24-,25-,26-/m0/s1. The van der Waals surface area contributed by atoms with Crippen LogP contribution in [0.1, 0.15) is 90.9 Å². The van der Waals surface area contributed by atoms with Crippen LogP contribution in [0.5, 0.6) is 0 Å². The zero-order valence-electron chi connectivity index (χ0n) is 33.8. The van der Waals surface area contributed by atoms with E-state index in [1.165, 1.54) is 4.90 Å². The zero-order valence-corrected chi connectivity index (χ0v) is 33.8. The Morgan fingerprint density at radius 2 is 1.22 bits per heavy atom. The van der Waals surface area contributed by atoms with Gasteiger partial charge in [-0.25, -0.2) is 4.79 Å². The minimum atomic E-state index is -1.21. The molecule has 0 aromatic rings. The van der Waals surface area contributed by atoms with Crippen molar-refractivity contribution in [3.8, 4) is 0 Å². The van der Waals surface area contributed by atoms with E-state index in [-0.39, 0.29) is 76.0 Å². The summed E-state index contributed by atoms with van der Waals surface area (Å²) in [6.45, 7) is 4.83. The second-order valence-electron chi connectivity index (χ2n) is 14.4. The number of amides is 5. The summed E-state index contributed by atoms with van der Waals surface area (Å²) in [4.78, 5) is 81.8. The van der Waals surface area contributed by atoms with E-state index in [0.717, 1.165) is 0 Å². The molecule has 7 atom stereocenters. The number of likely N-dealkylation sites (tertiary alicyclic amines) is 1. The molecular weight excluding hydrogens is 756 g/mol. The van der Waals surface area contributed by atoms with E-state index in [1.807, 2.05) is 6.92 Å². The van der Waals surface area contributed by atoms with Crippen molar-refractivity contribution in [1.29, 1.82) is 16.2 Å². The van der Waals surface area contributed by atoms with Crippen LogP contribution in [0.3, 0.4) is 0 Å². The number of nitrogens with one attached hydrogen (secondary N) is 10. The number of carboxylic acid groups (broad SMARTS) is 1. The second kappa shape index (κ2) is 27.2. The maximum Gasteiger partial charge on any atom is 0.326 e. The lowest BCUT2D eigenvalue weighted by Gasteiger charge is -2.32. The van der Waals surface area contributed by atoms with Crippen molar-refractivity contribution in [2.75, 3.05) is 32.7 Å². The molecule has 1 heterocycles. The van der Waals surface area contributed by atoms with Gasteiger partial charge in [-0.2, -0.15) is 0 Å². The van der Waals surface area contributed by atoms with Gasteiger partial charge >= 0.3 is 5.97 Å². The molecule has 1 rings (SSSR count). The Labute approximate surface area is 339 Å². The van der Waals surface area contributed by atoms with Crippen molar-refractivity contribution in [1.82, 2.24) is 42.1 Å². The van der Waals surface area contributed by atoms with Gasteiger partial charge in [-0.3, -0.25) is 40.2 Å². The Morgan fingerprint density at radius 3 is 1.74 bits per heavy atom. The molecule has 330 valence electrons. The summed E-state index contributed by atoms with van der Waals surface area (Å²) in [5.74, 6) is -5.65. The molecule has 0 unspecified atom stereocenters. The molecule has 1 fully saturated rings. The number of nitrogens with two attached hydrogens (primary N) is 5. The number of hydrogen-bond donors (Lipinski definition) is 16. The summed E-state index contributed by atoms with van der Waals surface area (Å²) in [7, 11) is 0. The number of rotatable bonds is 28. The highest BCUT2D eigenvalue weighted by molar-refractivity contribution is 5.96. The first-order valence-electron chi connectivity index (χ1n) is 19.9. The van der Waals surface area contributed by atoms with Crippen LogP contribution >= 0.6 is 0 Å². The molecule has 0 radical (unpaired) electrons. The fraction of sp³-hybridized carbons (Fsp3) is 0.743. The van der Waals surface area contributed by atoms with Crippen LogP contribution in [0, 0.1) is 22.1 Å². The maximum atomic E-state index is 14.2. The minimum Gasteiger partial charge on any atom is -0.480 e. The lowest BCUT2D eigenvalue weighted by atomic mass is 9.96. The molecule has 23 heteroatoms. The summed E-state index contributed by atoms with van der Waals surface area (Å²) in [5.41, 5.74) is 27.7. The Morgan fingerprint density at radius 1 is 0.707 bits per heavy atom. The van der Waals surface area contributed by atoms with Gasteiger partial charge in [-0.15, -0.1) is 0 Å². The van der Waals surface area contributed by atoms with E-state index in [0.29, 0.717) is 51.6 Å². The van der Waals surface area contributed by atoms with E-state index in [1.54, 1.807) is 6.92 Å². The van der Waals surface area contributed by atoms with Gasteiger partial charge in [-0.05, 0) is 83.1 Å². The topological polar surface area (TPSA) is 412 Å². The molecule has 1 aliphatic heterocycles. The summed E-state index contributed by atoms with van der Waals surface area (Å²) in [5, 5.41) is 50.5. The third kappa shape index (κ3) is 19.1. The first kappa shape index (κ1) is 50.6. The van der Waals surface area contributed by atoms with Gasteiger partial charge in [0.2, 0.25) is 29.5 Å². The predicted octanol–water partition coefficient (Wildman–Crippen LogP) is -3.71. The molecule has 1 aliphatic rings. The van der Waals surface area contributed by atoms with E-state index in [4.69, 9.17) is 44.9 Å². The van der Waals surface area contributed by atoms with Gasteiger partial charge in [0, 0.05) is 26.2 Å². The molecule has 5 amide bonds. The minimum absolute atomic E-state index is 0.0648. The molecule has 0 saturated carbocycles. The van der Waals surface area contributed by atoms with Crippen LogP contribution < -0.4 is 65.9 Å². The van der Waals surface area contributed by atoms with Crippen molar-refractivity contribution in [3.63, 3.8) is 0 Å². The molecular formula is C35H68N16O7. The maximum absolute atomic E-state index is 14.2. The van der Waals surface area contributed by atoms with Gasteiger partial charge in [0.05, 0.1) is 6.04 Å². The van der Waals surface area contributed by atoms with Gasteiger partial charge in [0.15, 0.2) is 17.9 Å². The summed E-state index contributed by atoms with van der Waals surface area (Å²) in [6, 6.07) is -6.66. The van der Waals surface area contributed by atoms with Crippen LogP contribution in [0.15, 0.2) is 0 Å². The predicted molar refractivity (Wildman–Crippen MR) is 218 cm³/mol. The van der Waals surface area contributed by atoms with Crippen molar-refractivity contribution in [2.45, 2.75) is 127 Å². The van der Waals surface area contributed by atoms with Gasteiger partial charge < -0.3 is 75.9 Å². The summed E-state index contributed by atoms with van der Waals surface area (Å²) < 4.78 is 0. The smallest absolute Gasteiger partial charge is 0.326 e. The van der Waals surface area contributed by atoms with E-state index < -0.39 is 77.7 Å². The number of hydrogen-bond acceptors (Lipinski definition) is 11. The van der Waals surface area contributed by atoms with E-state index >= 15 is 0 Å². The average molecular weight is 825 g/mol. The lowest BCUT2D eigenvalue weighted by molar-refractivity contribution is -0.145. The van der Waals surface area contributed by atoms with Gasteiger partial charge in [0.1, 0.15) is 30.2 Å². The van der Waals surface area contributed by atoms with Crippen molar-refractivity contribution >= 4 is 53.4 Å². The molecule has 0 aromatic heterocycles. The quantitative estimate of drug-likeness (QED) is 0.0205. The van der Waals surface area contributed by atoms with Crippen molar-refractivity contribution in [3.05, 3.63) is 0 Å². The summed E-state index contributed by atoms with van der Waals surface area (Å²) >= 11 is 0. The average Bonchev–Trinajstić information content (AvgIpc) is 3.66. The van der Waals surface area contributed by atoms with E-state index in [9.17, 15) is 33.9 Å². The number of carbonyl (C=O) groups excluding carboxylic acids is 5. The normalized spacial score (nSPS) is 16.6. The summed E-state index contributed by atoms with van der Waals surface area (Å²) in [6.07, 6.45) is 3.75. The van der Waals surface area contributed by atoms with Crippen LogP contribution in [0.4, 0.5) is 0 Å². The Bertz CT molecular complexity index is 1400. The zero-order chi connectivity index (χ0) is 43.8. The highest BCUT2D eigenvalue weighted by Gasteiger charge is 2.40. The van der Waals surface area contributed by atoms with Crippen LogP contribution in [-0.4, -0.2) is 132 Å². The Balaban J connectivity index is 3.29. The monoisotopic (exact) mass is 825 g/mol. The first-order valence-corrected chi connectivity index (χ1v) is 19.9. The SMILES string of the molecule is CC[C@H](C)[C@H](NC(=O)[C@H](CCCNC(=N)N)NC(=O)[C@@H](N)CCCNC(=N)N)C(=O)N[C@@H](CCCNC(=N)N)C(=O)N1CCC[C@H]1C(=O)N[C@@H](CCCCN)C(=O)O. The number of aliphatic carboxylic acids is 1. The largest absolute Gasteiger partial charge is 0.480 e. The van der Waals surface area contributed by atoms with Gasteiger partial charge in [0.25, 0.3) is 0 Å². The Kier molecular flexibility index (Phi) is 23.7. The second-order valence-corrected chi connectivity index (χ2v) is 14.4. The molecule has 0 aliphatic carbocycles. The molecule has 1 saturated heterocycles. The van der Waals surface area contributed by atoms with Crippen LogP contribution in [0.25, 0.3) is 0 Å². The number of guanidine groups is 3. The number of carboxylic acids is 1. The molecule has 0 bridgehead atoms. The number of nitrogens with zero attached hydrogens (tertiary/aromatic N) is 1. The third-order valence-electron chi connectivity index (χ3n) is 9.75. The van der Waals surface area contributed by atoms with Crippen molar-refractivity contribution < 1.29 is 33.9 Å². The van der Waals surface area contributed by atoms with E-state index in [2.05, 4.69) is 37.2 Å². The fourth-order valence-corrected chi connectivity index (χ4v) is 6.28. The molecule has 58 heavy (non-hydrogen) atoms.